The maximum absolute atomic E-state index is 11.8. The van der Waals surface area contributed by atoms with Gasteiger partial charge in [0.1, 0.15) is 11.2 Å². The average Bonchev–Trinajstić information content (AvgIpc) is 2.60. The first-order chi connectivity index (χ1) is 8.48. The quantitative estimate of drug-likeness (QED) is 0.686. The number of carbonyl (C=O) groups is 2. The first-order valence-corrected chi connectivity index (χ1v) is 6.38. The van der Waals surface area contributed by atoms with Gasteiger partial charge in [0.05, 0.1) is 12.1 Å². The van der Waals surface area contributed by atoms with Gasteiger partial charge < -0.3 is 9.47 Å². The van der Waals surface area contributed by atoms with Crippen LogP contribution in [0.4, 0.5) is 4.79 Å². The summed E-state index contributed by atoms with van der Waals surface area (Å²) in [6.07, 6.45) is 1.29. The predicted octanol–water partition coefficient (Wildman–Crippen LogP) is 2.51. The van der Waals surface area contributed by atoms with Gasteiger partial charge >= 0.3 is 12.1 Å². The summed E-state index contributed by atoms with van der Waals surface area (Å²) in [5, 5.41) is 0. The number of esters is 1. The lowest BCUT2D eigenvalue weighted by molar-refractivity contribution is -0.149. The largest absolute Gasteiger partial charge is 0.457 e. The van der Waals surface area contributed by atoms with Gasteiger partial charge in [0, 0.05) is 6.54 Å². The van der Waals surface area contributed by atoms with E-state index in [4.69, 9.17) is 9.47 Å². The lowest BCUT2D eigenvalue weighted by atomic mass is 10.2. The highest BCUT2D eigenvalue weighted by Crippen LogP contribution is 2.18. The van der Waals surface area contributed by atoms with Gasteiger partial charge in [-0.2, -0.15) is 0 Å². The van der Waals surface area contributed by atoms with E-state index >= 15 is 0 Å². The van der Waals surface area contributed by atoms with Crippen molar-refractivity contribution in [1.29, 1.82) is 0 Å². The summed E-state index contributed by atoms with van der Waals surface area (Å²) < 4.78 is 10.5. The van der Waals surface area contributed by atoms with E-state index < -0.39 is 17.3 Å². The lowest BCUT2D eigenvalue weighted by Gasteiger charge is -2.24. The van der Waals surface area contributed by atoms with Crippen LogP contribution in [0.25, 0.3) is 0 Å². The topological polar surface area (TPSA) is 55.8 Å². The number of amides is 1. The molecule has 1 heterocycles. The van der Waals surface area contributed by atoms with Crippen LogP contribution in [-0.2, 0) is 14.3 Å². The number of ether oxygens (including phenoxy) is 2. The highest BCUT2D eigenvalue weighted by molar-refractivity contribution is 5.91. The Morgan fingerprint density at radius 3 is 2.05 bits per heavy atom. The molecule has 0 unspecified atom stereocenters. The van der Waals surface area contributed by atoms with Gasteiger partial charge in [-0.05, 0) is 41.5 Å². The standard InChI is InChI=1S/C14H23NO4/c1-13(2,3)18-11(16)10-7-8-15(9-10)12(17)19-14(4,5)6/h7H,8-9H2,1-6H3. The van der Waals surface area contributed by atoms with Crippen molar-refractivity contribution in [1.82, 2.24) is 4.90 Å². The maximum atomic E-state index is 11.8. The molecule has 0 aliphatic carbocycles. The van der Waals surface area contributed by atoms with Crippen LogP contribution in [0, 0.1) is 0 Å². The van der Waals surface area contributed by atoms with Crippen LogP contribution in [0.2, 0.25) is 0 Å². The molecule has 0 aromatic heterocycles. The molecular formula is C14H23NO4. The van der Waals surface area contributed by atoms with E-state index in [0.717, 1.165) is 0 Å². The summed E-state index contributed by atoms with van der Waals surface area (Å²) >= 11 is 0. The van der Waals surface area contributed by atoms with Crippen LogP contribution in [0.1, 0.15) is 41.5 Å². The first kappa shape index (κ1) is 15.5. The van der Waals surface area contributed by atoms with E-state index in [9.17, 15) is 9.59 Å². The van der Waals surface area contributed by atoms with Crippen LogP contribution >= 0.6 is 0 Å². The van der Waals surface area contributed by atoms with Crippen molar-refractivity contribution in [3.8, 4) is 0 Å². The molecule has 0 fully saturated rings. The van der Waals surface area contributed by atoms with Crippen molar-refractivity contribution in [2.45, 2.75) is 52.7 Å². The second-order valence-corrected chi connectivity index (χ2v) is 6.59. The van der Waals surface area contributed by atoms with Crippen LogP contribution in [0.5, 0.6) is 0 Å². The zero-order chi connectivity index (χ0) is 14.8. The summed E-state index contributed by atoms with van der Waals surface area (Å²) in [5.74, 6) is -0.376. The molecule has 0 aromatic carbocycles. The van der Waals surface area contributed by atoms with Gasteiger partial charge in [-0.15, -0.1) is 0 Å². The Labute approximate surface area is 114 Å². The minimum atomic E-state index is -0.536. The van der Waals surface area contributed by atoms with E-state index in [1.807, 2.05) is 41.5 Å². The Morgan fingerprint density at radius 2 is 1.58 bits per heavy atom. The SMILES string of the molecule is CC(C)(C)OC(=O)C1=CCN(C(=O)OC(C)(C)C)C1. The molecule has 19 heavy (non-hydrogen) atoms. The van der Waals surface area contributed by atoms with Crippen molar-refractivity contribution >= 4 is 12.1 Å². The van der Waals surface area contributed by atoms with Crippen LogP contribution in [0.15, 0.2) is 11.6 Å². The Hall–Kier alpha value is -1.52. The highest BCUT2D eigenvalue weighted by Gasteiger charge is 2.29. The number of carbonyl (C=O) groups excluding carboxylic acids is 2. The summed E-state index contributed by atoms with van der Waals surface area (Å²) in [4.78, 5) is 25.2. The van der Waals surface area contributed by atoms with Gasteiger partial charge in [0.25, 0.3) is 0 Å². The third-order valence-corrected chi connectivity index (χ3v) is 2.23. The zero-order valence-corrected chi connectivity index (χ0v) is 12.6. The number of nitrogens with zero attached hydrogens (tertiary/aromatic N) is 1. The van der Waals surface area contributed by atoms with Crippen LogP contribution in [-0.4, -0.2) is 41.3 Å². The fourth-order valence-electron chi connectivity index (χ4n) is 1.51. The molecular weight excluding hydrogens is 246 g/mol. The van der Waals surface area contributed by atoms with Gasteiger partial charge in [0.2, 0.25) is 0 Å². The lowest BCUT2D eigenvalue weighted by Crippen LogP contribution is -2.36. The highest BCUT2D eigenvalue weighted by atomic mass is 16.6. The van der Waals surface area contributed by atoms with E-state index in [2.05, 4.69) is 0 Å². The minimum absolute atomic E-state index is 0.240. The van der Waals surface area contributed by atoms with Crippen molar-refractivity contribution in [3.05, 3.63) is 11.6 Å². The van der Waals surface area contributed by atoms with E-state index in [-0.39, 0.29) is 12.5 Å². The van der Waals surface area contributed by atoms with Crippen molar-refractivity contribution < 1.29 is 19.1 Å². The summed E-state index contributed by atoms with van der Waals surface area (Å²) in [6.45, 7) is 11.5. The normalized spacial score (nSPS) is 16.1. The van der Waals surface area contributed by atoms with Gasteiger partial charge in [-0.1, -0.05) is 6.08 Å². The fraction of sp³-hybridized carbons (Fsp3) is 0.714. The molecule has 5 nitrogen and oxygen atoms in total. The molecule has 0 saturated carbocycles. The van der Waals surface area contributed by atoms with Gasteiger partial charge in [0.15, 0.2) is 0 Å². The Morgan fingerprint density at radius 1 is 1.05 bits per heavy atom. The van der Waals surface area contributed by atoms with Crippen molar-refractivity contribution in [3.63, 3.8) is 0 Å². The fourth-order valence-corrected chi connectivity index (χ4v) is 1.51. The molecule has 0 saturated heterocycles. The van der Waals surface area contributed by atoms with Crippen LogP contribution < -0.4 is 0 Å². The molecule has 108 valence electrons. The Bertz CT molecular complexity index is 399. The van der Waals surface area contributed by atoms with Gasteiger partial charge in [-0.3, -0.25) is 4.90 Å². The molecule has 1 rings (SSSR count). The molecule has 0 atom stereocenters. The number of rotatable bonds is 1. The summed E-state index contributed by atoms with van der Waals surface area (Å²) in [5.41, 5.74) is -0.566. The van der Waals surface area contributed by atoms with Crippen molar-refractivity contribution in [2.24, 2.45) is 0 Å². The molecule has 1 aliphatic heterocycles. The molecule has 0 aromatic rings. The third-order valence-electron chi connectivity index (χ3n) is 2.23. The second kappa shape index (κ2) is 5.23. The predicted molar refractivity (Wildman–Crippen MR) is 71.7 cm³/mol. The van der Waals surface area contributed by atoms with E-state index in [0.29, 0.717) is 12.1 Å². The Kier molecular flexibility index (Phi) is 4.28. The monoisotopic (exact) mass is 269 g/mol. The molecule has 1 aliphatic rings. The third kappa shape index (κ3) is 5.32. The summed E-state index contributed by atoms with van der Waals surface area (Å²) in [7, 11) is 0. The first-order valence-electron chi connectivity index (χ1n) is 6.38. The number of hydrogen-bond donors (Lipinski definition) is 0. The summed E-state index contributed by atoms with van der Waals surface area (Å²) in [6, 6.07) is 0. The number of hydrogen-bond acceptors (Lipinski definition) is 4. The van der Waals surface area contributed by atoms with Crippen LogP contribution in [0.3, 0.4) is 0 Å². The molecule has 0 N–H and O–H groups in total. The molecule has 0 radical (unpaired) electrons. The average molecular weight is 269 g/mol. The van der Waals surface area contributed by atoms with Gasteiger partial charge in [-0.25, -0.2) is 9.59 Å². The van der Waals surface area contributed by atoms with E-state index in [1.54, 1.807) is 6.08 Å². The second-order valence-electron chi connectivity index (χ2n) is 6.59. The smallest absolute Gasteiger partial charge is 0.410 e. The molecule has 0 bridgehead atoms. The molecule has 1 amide bonds. The van der Waals surface area contributed by atoms with E-state index in [1.165, 1.54) is 4.90 Å². The zero-order valence-electron chi connectivity index (χ0n) is 12.6. The molecule has 0 spiro atoms. The Balaban J connectivity index is 2.53. The molecule has 5 heteroatoms. The minimum Gasteiger partial charge on any atom is -0.457 e. The maximum Gasteiger partial charge on any atom is 0.410 e. The van der Waals surface area contributed by atoms with Crippen molar-refractivity contribution in [2.75, 3.05) is 13.1 Å².